The van der Waals surface area contributed by atoms with Gasteiger partial charge < -0.3 is 18.9 Å². The van der Waals surface area contributed by atoms with Gasteiger partial charge in [0.2, 0.25) is 0 Å². The molecule has 0 aliphatic heterocycles. The van der Waals surface area contributed by atoms with Crippen LogP contribution in [0.15, 0.2) is 30.3 Å². The topological polar surface area (TPSA) is 71.1 Å². The molecule has 0 bridgehead atoms. The Bertz CT molecular complexity index is 788. The first-order chi connectivity index (χ1) is 14.4. The molecule has 3 saturated carbocycles. The fourth-order valence-corrected chi connectivity index (χ4v) is 6.77. The molecule has 3 aliphatic rings. The molecule has 1 aromatic rings. The summed E-state index contributed by atoms with van der Waals surface area (Å²) in [6, 6.07) is 9.62. The molecule has 6 nitrogen and oxygen atoms in total. The predicted octanol–water partition coefficient (Wildman–Crippen LogP) is 3.29. The first-order valence-electron chi connectivity index (χ1n) is 10.8. The maximum atomic E-state index is 13.4. The Kier molecular flexibility index (Phi) is 5.66. The first kappa shape index (κ1) is 21.3. The van der Waals surface area contributed by atoms with E-state index in [0.29, 0.717) is 12.3 Å². The molecule has 1 aromatic carbocycles. The number of esters is 2. The fraction of sp³-hybridized carbons (Fsp3) is 0.667. The van der Waals surface area contributed by atoms with Crippen molar-refractivity contribution in [2.75, 3.05) is 21.3 Å². The van der Waals surface area contributed by atoms with Gasteiger partial charge in [0.15, 0.2) is 5.79 Å². The van der Waals surface area contributed by atoms with Crippen LogP contribution in [0.25, 0.3) is 0 Å². The summed E-state index contributed by atoms with van der Waals surface area (Å²) >= 11 is 0. The number of benzene rings is 1. The molecule has 0 heterocycles. The quantitative estimate of drug-likeness (QED) is 0.524. The van der Waals surface area contributed by atoms with Crippen molar-refractivity contribution in [3.8, 4) is 0 Å². The number of carbonyl (C=O) groups is 2. The van der Waals surface area contributed by atoms with Gasteiger partial charge in [-0.1, -0.05) is 44.2 Å². The van der Waals surface area contributed by atoms with Gasteiger partial charge in [0.05, 0.1) is 18.9 Å². The van der Waals surface area contributed by atoms with Crippen molar-refractivity contribution in [2.45, 2.75) is 32.7 Å². The van der Waals surface area contributed by atoms with Gasteiger partial charge in [-0.15, -0.1) is 0 Å². The summed E-state index contributed by atoms with van der Waals surface area (Å²) in [6.45, 7) is 4.39. The first-order valence-corrected chi connectivity index (χ1v) is 10.8. The molecule has 0 N–H and O–H groups in total. The van der Waals surface area contributed by atoms with Gasteiger partial charge in [0, 0.05) is 26.6 Å². The number of methoxy groups -OCH3 is 3. The van der Waals surface area contributed by atoms with Crippen molar-refractivity contribution >= 4 is 11.9 Å². The Morgan fingerprint density at radius 1 is 0.933 bits per heavy atom. The maximum absolute atomic E-state index is 13.4. The second-order valence-electron chi connectivity index (χ2n) is 9.19. The number of fused-ring (bicyclic) bond motifs is 1. The van der Waals surface area contributed by atoms with Crippen molar-refractivity contribution in [1.29, 1.82) is 0 Å². The molecular formula is C24H32O6. The Labute approximate surface area is 178 Å². The van der Waals surface area contributed by atoms with Crippen LogP contribution in [0.1, 0.15) is 25.8 Å². The number of hydrogen-bond acceptors (Lipinski definition) is 6. The molecule has 8 atom stereocenters. The summed E-state index contributed by atoms with van der Waals surface area (Å²) in [4.78, 5) is 26.2. The Morgan fingerprint density at radius 3 is 2.20 bits per heavy atom. The van der Waals surface area contributed by atoms with Crippen molar-refractivity contribution < 1.29 is 28.5 Å². The molecule has 30 heavy (non-hydrogen) atoms. The van der Waals surface area contributed by atoms with E-state index in [4.69, 9.17) is 18.9 Å². The van der Waals surface area contributed by atoms with Gasteiger partial charge >= 0.3 is 11.9 Å². The van der Waals surface area contributed by atoms with Gasteiger partial charge in [0.1, 0.15) is 6.61 Å². The number of rotatable bonds is 6. The molecule has 3 fully saturated rings. The second-order valence-corrected chi connectivity index (χ2v) is 9.19. The number of carbonyl (C=O) groups excluding carboxylic acids is 2. The van der Waals surface area contributed by atoms with Crippen molar-refractivity contribution in [3.05, 3.63) is 35.9 Å². The highest BCUT2D eigenvalue weighted by Crippen LogP contribution is 2.73. The minimum Gasteiger partial charge on any atom is -0.469 e. The van der Waals surface area contributed by atoms with Crippen molar-refractivity contribution in [3.63, 3.8) is 0 Å². The Morgan fingerprint density at radius 2 is 1.60 bits per heavy atom. The zero-order valence-corrected chi connectivity index (χ0v) is 18.4. The van der Waals surface area contributed by atoms with Crippen LogP contribution in [0, 0.1) is 47.3 Å². The summed E-state index contributed by atoms with van der Waals surface area (Å²) < 4.78 is 22.6. The molecule has 164 valence electrons. The minimum absolute atomic E-state index is 0.00653. The summed E-state index contributed by atoms with van der Waals surface area (Å²) in [7, 11) is 4.77. The highest BCUT2D eigenvalue weighted by Gasteiger charge is 2.76. The lowest BCUT2D eigenvalue weighted by atomic mass is 9.62. The molecule has 0 aromatic heterocycles. The van der Waals surface area contributed by atoms with Gasteiger partial charge in [-0.05, 0) is 35.2 Å². The van der Waals surface area contributed by atoms with E-state index in [9.17, 15) is 9.59 Å². The zero-order valence-electron chi connectivity index (χ0n) is 18.4. The molecule has 0 saturated heterocycles. The van der Waals surface area contributed by atoms with E-state index in [1.807, 2.05) is 30.3 Å². The van der Waals surface area contributed by atoms with Crippen molar-refractivity contribution in [1.82, 2.24) is 0 Å². The predicted molar refractivity (Wildman–Crippen MR) is 109 cm³/mol. The monoisotopic (exact) mass is 416 g/mol. The van der Waals surface area contributed by atoms with Gasteiger partial charge in [-0.2, -0.15) is 0 Å². The Hall–Kier alpha value is -1.92. The number of ether oxygens (including phenoxy) is 4. The van der Waals surface area contributed by atoms with E-state index in [2.05, 4.69) is 13.8 Å². The average molecular weight is 417 g/mol. The van der Waals surface area contributed by atoms with Crippen LogP contribution >= 0.6 is 0 Å². The van der Waals surface area contributed by atoms with Gasteiger partial charge in [0.25, 0.3) is 0 Å². The normalized spacial score (nSPS) is 38.3. The van der Waals surface area contributed by atoms with E-state index in [0.717, 1.165) is 5.56 Å². The van der Waals surface area contributed by atoms with Crippen LogP contribution < -0.4 is 0 Å². The Balaban J connectivity index is 1.64. The summed E-state index contributed by atoms with van der Waals surface area (Å²) in [6.07, 6.45) is 0.700. The highest BCUT2D eigenvalue weighted by atomic mass is 16.7. The number of hydrogen-bond donors (Lipinski definition) is 0. The lowest BCUT2D eigenvalue weighted by Gasteiger charge is -2.45. The standard InChI is InChI=1S/C24H32O6/c1-13-11-24(28-4,29-5)21-17-14(2)18(22(25)27-3)20(16(13)19(17)21)23(26)30-12-15-9-7-6-8-10-15/h6-10,13-14,16-21H,11-12H2,1-5H3/t13?,14?,16?,17?,18-,19?,20+,21?/m1/s1. The van der Waals surface area contributed by atoms with E-state index < -0.39 is 17.6 Å². The largest absolute Gasteiger partial charge is 0.469 e. The van der Waals surface area contributed by atoms with Crippen LogP contribution in [0.5, 0.6) is 0 Å². The molecular weight excluding hydrogens is 384 g/mol. The smallest absolute Gasteiger partial charge is 0.310 e. The summed E-state index contributed by atoms with van der Waals surface area (Å²) in [5, 5.41) is 0. The maximum Gasteiger partial charge on any atom is 0.310 e. The lowest BCUT2D eigenvalue weighted by molar-refractivity contribution is -0.248. The summed E-state index contributed by atoms with van der Waals surface area (Å²) in [5.74, 6) is -1.34. The summed E-state index contributed by atoms with van der Waals surface area (Å²) in [5.41, 5.74) is 0.931. The molecule has 0 radical (unpaired) electrons. The van der Waals surface area contributed by atoms with Gasteiger partial charge in [-0.3, -0.25) is 9.59 Å². The van der Waals surface area contributed by atoms with Crippen LogP contribution in [-0.2, 0) is 35.1 Å². The van der Waals surface area contributed by atoms with Crippen LogP contribution in [0.3, 0.4) is 0 Å². The molecule has 0 spiro atoms. The van der Waals surface area contributed by atoms with Crippen LogP contribution in [0.2, 0.25) is 0 Å². The SMILES string of the molecule is COC(=O)[C@@H]1C(C)C2C3C(C(C)CC(OC)(OC)C23)[C@@H]1C(=O)OCc1ccccc1. The lowest BCUT2D eigenvalue weighted by Crippen LogP contribution is -2.50. The zero-order chi connectivity index (χ0) is 21.6. The average Bonchev–Trinajstić information content (AvgIpc) is 3.52. The molecule has 6 heteroatoms. The van der Waals surface area contributed by atoms with E-state index in [1.54, 1.807) is 14.2 Å². The highest BCUT2D eigenvalue weighted by molar-refractivity contribution is 5.83. The van der Waals surface area contributed by atoms with E-state index >= 15 is 0 Å². The fourth-order valence-electron chi connectivity index (χ4n) is 6.77. The third-order valence-corrected chi connectivity index (χ3v) is 7.98. The molecule has 6 unspecified atom stereocenters. The third kappa shape index (κ3) is 3.16. The van der Waals surface area contributed by atoms with Crippen LogP contribution in [-0.4, -0.2) is 39.1 Å². The van der Waals surface area contributed by atoms with E-state index in [1.165, 1.54) is 7.11 Å². The minimum atomic E-state index is -0.650. The second kappa shape index (κ2) is 7.97. The van der Waals surface area contributed by atoms with Crippen LogP contribution in [0.4, 0.5) is 0 Å². The molecule has 0 amide bonds. The third-order valence-electron chi connectivity index (χ3n) is 7.98. The van der Waals surface area contributed by atoms with E-state index in [-0.39, 0.29) is 48.1 Å². The molecule has 3 aliphatic carbocycles. The molecule has 4 rings (SSSR count). The van der Waals surface area contributed by atoms with Crippen molar-refractivity contribution in [2.24, 2.45) is 47.3 Å². The van der Waals surface area contributed by atoms with Gasteiger partial charge in [-0.25, -0.2) is 0 Å².